The van der Waals surface area contributed by atoms with Crippen molar-refractivity contribution in [1.82, 2.24) is 10.2 Å². The summed E-state index contributed by atoms with van der Waals surface area (Å²) in [7, 11) is 0. The number of carbonyl (C=O) groups excluding carboxylic acids is 1. The number of amides is 1. The van der Waals surface area contributed by atoms with Crippen LogP contribution in [-0.4, -0.2) is 49.7 Å². The van der Waals surface area contributed by atoms with E-state index in [1.54, 1.807) is 0 Å². The van der Waals surface area contributed by atoms with Crippen molar-refractivity contribution in [2.75, 3.05) is 32.8 Å². The largest absolute Gasteiger partial charge is 0.374 e. The summed E-state index contributed by atoms with van der Waals surface area (Å²) in [4.78, 5) is 13.1. The fourth-order valence-electron chi connectivity index (χ4n) is 1.65. The van der Waals surface area contributed by atoms with Gasteiger partial charge < -0.3 is 15.0 Å². The fourth-order valence-corrected chi connectivity index (χ4v) is 1.65. The number of nitrogens with zero attached hydrogens (tertiary/aromatic N) is 1. The number of likely N-dealkylation sites (tertiary alicyclic amines) is 1. The average molecular weight is 184 g/mol. The summed E-state index contributed by atoms with van der Waals surface area (Å²) >= 11 is 0. The van der Waals surface area contributed by atoms with Gasteiger partial charge in [-0.15, -0.1) is 0 Å². The summed E-state index contributed by atoms with van der Waals surface area (Å²) in [5.74, 6) is 0.287. The van der Waals surface area contributed by atoms with Gasteiger partial charge >= 0.3 is 0 Å². The highest BCUT2D eigenvalue weighted by Gasteiger charge is 2.21. The summed E-state index contributed by atoms with van der Waals surface area (Å²) in [6.45, 7) is 4.32. The summed E-state index contributed by atoms with van der Waals surface area (Å²) in [6.07, 6.45) is 2.13. The Labute approximate surface area is 78.2 Å². The van der Waals surface area contributed by atoms with Crippen LogP contribution in [0.25, 0.3) is 0 Å². The second kappa shape index (κ2) is 4.07. The first kappa shape index (κ1) is 8.97. The van der Waals surface area contributed by atoms with E-state index in [9.17, 15) is 4.79 Å². The van der Waals surface area contributed by atoms with Gasteiger partial charge in [-0.25, -0.2) is 0 Å². The maximum Gasteiger partial charge on any atom is 0.222 e. The minimum atomic E-state index is 0.287. The Bertz CT molecular complexity index is 192. The van der Waals surface area contributed by atoms with Gasteiger partial charge in [-0.1, -0.05) is 0 Å². The lowest BCUT2D eigenvalue weighted by molar-refractivity contribution is -0.128. The van der Waals surface area contributed by atoms with E-state index in [2.05, 4.69) is 5.32 Å². The van der Waals surface area contributed by atoms with E-state index >= 15 is 0 Å². The van der Waals surface area contributed by atoms with Gasteiger partial charge in [0.2, 0.25) is 5.91 Å². The third-order valence-electron chi connectivity index (χ3n) is 2.63. The number of hydrogen-bond acceptors (Lipinski definition) is 3. The van der Waals surface area contributed by atoms with Gasteiger partial charge in [-0.3, -0.25) is 4.79 Å². The number of hydrogen-bond donors (Lipinski definition) is 1. The molecule has 0 radical (unpaired) electrons. The van der Waals surface area contributed by atoms with Crippen molar-refractivity contribution in [2.24, 2.45) is 0 Å². The van der Waals surface area contributed by atoms with Crippen LogP contribution in [0.1, 0.15) is 12.8 Å². The molecule has 13 heavy (non-hydrogen) atoms. The lowest BCUT2D eigenvalue weighted by Crippen LogP contribution is -2.49. The van der Waals surface area contributed by atoms with Crippen LogP contribution in [0.3, 0.4) is 0 Å². The number of carbonyl (C=O) groups is 1. The molecule has 0 aromatic rings. The number of rotatable bonds is 4. The van der Waals surface area contributed by atoms with E-state index < -0.39 is 0 Å². The molecule has 2 aliphatic rings. The lowest BCUT2D eigenvalue weighted by Gasteiger charge is -2.28. The summed E-state index contributed by atoms with van der Waals surface area (Å²) in [6, 6.07) is 0. The first-order valence-electron chi connectivity index (χ1n) is 4.96. The van der Waals surface area contributed by atoms with Gasteiger partial charge in [-0.05, 0) is 6.42 Å². The minimum Gasteiger partial charge on any atom is -0.374 e. The van der Waals surface area contributed by atoms with Crippen molar-refractivity contribution in [3.8, 4) is 0 Å². The lowest BCUT2D eigenvalue weighted by atomic mass is 10.2. The van der Waals surface area contributed by atoms with Crippen LogP contribution in [0.5, 0.6) is 0 Å². The van der Waals surface area contributed by atoms with E-state index in [0.29, 0.717) is 12.7 Å². The summed E-state index contributed by atoms with van der Waals surface area (Å²) < 4.78 is 5.53. The molecule has 2 heterocycles. The van der Waals surface area contributed by atoms with Crippen LogP contribution >= 0.6 is 0 Å². The van der Waals surface area contributed by atoms with Crippen LogP contribution < -0.4 is 5.32 Å². The molecule has 0 bridgehead atoms. The standard InChI is InChI=1S/C9H16N2O2/c12-9-2-1-3-11(9)4-5-13-8-6-10-7-8/h8,10H,1-7H2. The third kappa shape index (κ3) is 2.19. The van der Waals surface area contributed by atoms with Gasteiger partial charge in [0.1, 0.15) is 0 Å². The van der Waals surface area contributed by atoms with Crippen molar-refractivity contribution in [1.29, 1.82) is 0 Å². The molecule has 2 saturated heterocycles. The van der Waals surface area contributed by atoms with Crippen molar-refractivity contribution >= 4 is 5.91 Å². The van der Waals surface area contributed by atoms with Crippen LogP contribution in [0.4, 0.5) is 0 Å². The highest BCUT2D eigenvalue weighted by Crippen LogP contribution is 2.09. The Balaban J connectivity index is 1.58. The fraction of sp³-hybridized carbons (Fsp3) is 0.889. The second-order valence-electron chi connectivity index (χ2n) is 3.64. The van der Waals surface area contributed by atoms with Gasteiger partial charge in [0.25, 0.3) is 0 Å². The first-order chi connectivity index (χ1) is 6.36. The van der Waals surface area contributed by atoms with Crippen LogP contribution in [0.15, 0.2) is 0 Å². The molecule has 4 heteroatoms. The molecular formula is C9H16N2O2. The molecule has 2 aliphatic heterocycles. The summed E-state index contributed by atoms with van der Waals surface area (Å²) in [5, 5.41) is 3.14. The van der Waals surface area contributed by atoms with Crippen molar-refractivity contribution in [3.63, 3.8) is 0 Å². The maximum atomic E-state index is 11.2. The molecule has 0 aromatic heterocycles. The maximum absolute atomic E-state index is 11.2. The van der Waals surface area contributed by atoms with E-state index in [0.717, 1.165) is 39.0 Å². The molecule has 0 saturated carbocycles. The summed E-state index contributed by atoms with van der Waals surface area (Å²) in [5.41, 5.74) is 0. The van der Waals surface area contributed by atoms with Crippen LogP contribution in [0.2, 0.25) is 0 Å². The van der Waals surface area contributed by atoms with Crippen LogP contribution in [-0.2, 0) is 9.53 Å². The molecular weight excluding hydrogens is 168 g/mol. The minimum absolute atomic E-state index is 0.287. The molecule has 0 atom stereocenters. The molecule has 0 unspecified atom stereocenters. The van der Waals surface area contributed by atoms with Gasteiger partial charge in [-0.2, -0.15) is 0 Å². The second-order valence-corrected chi connectivity index (χ2v) is 3.64. The first-order valence-corrected chi connectivity index (χ1v) is 4.96. The Morgan fingerprint density at radius 2 is 2.38 bits per heavy atom. The predicted molar refractivity (Wildman–Crippen MR) is 48.4 cm³/mol. The normalized spacial score (nSPS) is 23.7. The zero-order chi connectivity index (χ0) is 9.10. The molecule has 2 fully saturated rings. The smallest absolute Gasteiger partial charge is 0.222 e. The average Bonchev–Trinajstić information content (AvgIpc) is 2.42. The molecule has 0 spiro atoms. The molecule has 0 aliphatic carbocycles. The van der Waals surface area contributed by atoms with Gasteiger partial charge in [0.15, 0.2) is 0 Å². The van der Waals surface area contributed by atoms with E-state index in [-0.39, 0.29) is 5.91 Å². The molecule has 74 valence electrons. The topological polar surface area (TPSA) is 41.6 Å². The Morgan fingerprint density at radius 3 is 2.92 bits per heavy atom. The van der Waals surface area contributed by atoms with E-state index in [1.807, 2.05) is 4.90 Å². The SMILES string of the molecule is O=C1CCCN1CCOC1CNC1. The highest BCUT2D eigenvalue weighted by molar-refractivity contribution is 5.77. The van der Waals surface area contributed by atoms with E-state index in [4.69, 9.17) is 4.74 Å². The zero-order valence-corrected chi connectivity index (χ0v) is 7.79. The molecule has 4 nitrogen and oxygen atoms in total. The molecule has 2 rings (SSSR count). The third-order valence-corrected chi connectivity index (χ3v) is 2.63. The Hall–Kier alpha value is -0.610. The molecule has 1 N–H and O–H groups in total. The highest BCUT2D eigenvalue weighted by atomic mass is 16.5. The van der Waals surface area contributed by atoms with Crippen molar-refractivity contribution < 1.29 is 9.53 Å². The monoisotopic (exact) mass is 184 g/mol. The number of ether oxygens (including phenoxy) is 1. The van der Waals surface area contributed by atoms with Gasteiger partial charge in [0, 0.05) is 32.6 Å². The molecule has 1 amide bonds. The predicted octanol–water partition coefficient (Wildman–Crippen LogP) is -0.403. The van der Waals surface area contributed by atoms with E-state index in [1.165, 1.54) is 0 Å². The quantitative estimate of drug-likeness (QED) is 0.646. The van der Waals surface area contributed by atoms with Crippen molar-refractivity contribution in [3.05, 3.63) is 0 Å². The Kier molecular flexibility index (Phi) is 2.80. The number of nitrogens with one attached hydrogen (secondary N) is 1. The Morgan fingerprint density at radius 1 is 1.54 bits per heavy atom. The van der Waals surface area contributed by atoms with Gasteiger partial charge in [0.05, 0.1) is 12.7 Å². The molecule has 0 aromatic carbocycles. The zero-order valence-electron chi connectivity index (χ0n) is 7.79. The van der Waals surface area contributed by atoms with Crippen LogP contribution in [0, 0.1) is 0 Å². The van der Waals surface area contributed by atoms with Crippen molar-refractivity contribution in [2.45, 2.75) is 18.9 Å².